The first-order valence-corrected chi connectivity index (χ1v) is 7.66. The van der Waals surface area contributed by atoms with E-state index in [0.29, 0.717) is 11.3 Å². The summed E-state index contributed by atoms with van der Waals surface area (Å²) in [5, 5.41) is 1.91. The summed E-state index contributed by atoms with van der Waals surface area (Å²) >= 11 is 6.79. The van der Waals surface area contributed by atoms with Gasteiger partial charge in [0.05, 0.1) is 5.52 Å². The fraction of sp³-hybridized carbons (Fsp3) is 0.538. The summed E-state index contributed by atoms with van der Waals surface area (Å²) in [5.41, 5.74) is 0.962. The van der Waals surface area contributed by atoms with Crippen molar-refractivity contribution in [3.63, 3.8) is 0 Å². The van der Waals surface area contributed by atoms with Gasteiger partial charge in [0.25, 0.3) is 5.56 Å². The smallest absolute Gasteiger partial charge is 0.272 e. The second-order valence-electron chi connectivity index (χ2n) is 5.41. The molecule has 2 aromatic heterocycles. The minimum Gasteiger partial charge on any atom is -0.381 e. The molecule has 0 aliphatic carbocycles. The van der Waals surface area contributed by atoms with Gasteiger partial charge in [-0.25, -0.2) is 0 Å². The summed E-state index contributed by atoms with van der Waals surface area (Å²) in [6, 6.07) is 1.90. The maximum absolute atomic E-state index is 12.5. The van der Waals surface area contributed by atoms with Gasteiger partial charge in [-0.15, -0.1) is 11.3 Å². The summed E-state index contributed by atoms with van der Waals surface area (Å²) < 4.78 is 8.38. The van der Waals surface area contributed by atoms with Gasteiger partial charge in [-0.05, 0) is 41.9 Å². The van der Waals surface area contributed by atoms with E-state index in [0.717, 1.165) is 36.3 Å². The van der Waals surface area contributed by atoms with E-state index < -0.39 is 0 Å². The highest BCUT2D eigenvalue weighted by Gasteiger charge is 2.28. The highest BCUT2D eigenvalue weighted by atomic mass is 32.1. The van der Waals surface area contributed by atoms with Gasteiger partial charge in [0.2, 0.25) is 0 Å². The van der Waals surface area contributed by atoms with Crippen LogP contribution in [0.4, 0.5) is 0 Å². The van der Waals surface area contributed by atoms with Crippen LogP contribution in [0.1, 0.15) is 19.8 Å². The van der Waals surface area contributed by atoms with Crippen molar-refractivity contribution in [3.05, 3.63) is 26.6 Å². The molecule has 4 nitrogen and oxygen atoms in total. The average molecular weight is 296 g/mol. The number of nitrogens with one attached hydrogen (secondary N) is 1. The zero-order valence-electron chi connectivity index (χ0n) is 10.8. The molecule has 0 radical (unpaired) electrons. The summed E-state index contributed by atoms with van der Waals surface area (Å²) in [4.78, 5) is 15.6. The van der Waals surface area contributed by atoms with E-state index in [-0.39, 0.29) is 11.0 Å². The van der Waals surface area contributed by atoms with Crippen LogP contribution >= 0.6 is 23.6 Å². The Bertz CT molecular complexity index is 707. The van der Waals surface area contributed by atoms with Crippen molar-refractivity contribution in [2.24, 2.45) is 5.41 Å². The first-order chi connectivity index (χ1) is 9.09. The molecule has 1 fully saturated rings. The van der Waals surface area contributed by atoms with Gasteiger partial charge in [-0.2, -0.15) is 0 Å². The Labute approximate surface area is 120 Å². The molecule has 6 heteroatoms. The normalized spacial score (nSPS) is 18.8. The summed E-state index contributed by atoms with van der Waals surface area (Å²) in [6.45, 7) is 4.40. The molecule has 0 bridgehead atoms. The molecule has 1 aliphatic rings. The van der Waals surface area contributed by atoms with Crippen molar-refractivity contribution in [2.45, 2.75) is 26.3 Å². The standard InChI is InChI=1S/C13H16N2O2S2/c1-13(3-5-17-6-4-13)8-15-11(16)10-9(2-7-19-10)14-12(15)18/h2,7H,3-6,8H2,1H3,(H,14,18). The van der Waals surface area contributed by atoms with Gasteiger partial charge < -0.3 is 9.72 Å². The largest absolute Gasteiger partial charge is 0.381 e. The first-order valence-electron chi connectivity index (χ1n) is 6.37. The summed E-state index contributed by atoms with van der Waals surface area (Å²) in [7, 11) is 0. The molecule has 1 saturated heterocycles. The van der Waals surface area contributed by atoms with Crippen LogP contribution in [0.15, 0.2) is 16.2 Å². The van der Waals surface area contributed by atoms with Gasteiger partial charge in [0.1, 0.15) is 4.70 Å². The third kappa shape index (κ3) is 2.40. The Morgan fingerprint density at radius 1 is 1.53 bits per heavy atom. The topological polar surface area (TPSA) is 47.0 Å². The van der Waals surface area contributed by atoms with Crippen molar-refractivity contribution in [3.8, 4) is 0 Å². The molecule has 0 saturated carbocycles. The van der Waals surface area contributed by atoms with E-state index in [1.807, 2.05) is 11.4 Å². The SMILES string of the molecule is CC1(Cn2c(=S)[nH]c3ccsc3c2=O)CCOCC1. The van der Waals surface area contributed by atoms with E-state index in [1.165, 1.54) is 11.3 Å². The monoisotopic (exact) mass is 296 g/mol. The van der Waals surface area contributed by atoms with E-state index in [9.17, 15) is 4.79 Å². The van der Waals surface area contributed by atoms with Gasteiger partial charge in [0, 0.05) is 19.8 Å². The number of hydrogen-bond acceptors (Lipinski definition) is 4. The van der Waals surface area contributed by atoms with E-state index in [4.69, 9.17) is 17.0 Å². The predicted octanol–water partition coefficient (Wildman–Crippen LogP) is 2.94. The van der Waals surface area contributed by atoms with Crippen LogP contribution in [0, 0.1) is 10.2 Å². The van der Waals surface area contributed by atoms with Crippen molar-refractivity contribution < 1.29 is 4.74 Å². The Balaban J connectivity index is 2.05. The highest BCUT2D eigenvalue weighted by molar-refractivity contribution is 7.71. The lowest BCUT2D eigenvalue weighted by atomic mass is 9.82. The number of ether oxygens (including phenoxy) is 1. The zero-order valence-corrected chi connectivity index (χ0v) is 12.4. The van der Waals surface area contributed by atoms with Crippen LogP contribution in [0.25, 0.3) is 10.2 Å². The van der Waals surface area contributed by atoms with Gasteiger partial charge in [-0.1, -0.05) is 6.92 Å². The second-order valence-corrected chi connectivity index (χ2v) is 6.71. The van der Waals surface area contributed by atoms with Crippen LogP contribution in [-0.4, -0.2) is 22.8 Å². The maximum Gasteiger partial charge on any atom is 0.272 e. The van der Waals surface area contributed by atoms with Crippen LogP contribution in [0.5, 0.6) is 0 Å². The lowest BCUT2D eigenvalue weighted by Crippen LogP contribution is -2.35. The number of rotatable bonds is 2. The van der Waals surface area contributed by atoms with Crippen molar-refractivity contribution in [1.29, 1.82) is 0 Å². The Morgan fingerprint density at radius 3 is 3.00 bits per heavy atom. The molecule has 0 unspecified atom stereocenters. The second kappa shape index (κ2) is 4.85. The lowest BCUT2D eigenvalue weighted by Gasteiger charge is -2.33. The maximum atomic E-state index is 12.5. The molecule has 102 valence electrons. The molecule has 0 atom stereocenters. The molecule has 19 heavy (non-hydrogen) atoms. The lowest BCUT2D eigenvalue weighted by molar-refractivity contribution is 0.0148. The van der Waals surface area contributed by atoms with Gasteiger partial charge >= 0.3 is 0 Å². The molecule has 0 aromatic carbocycles. The van der Waals surface area contributed by atoms with E-state index in [2.05, 4.69) is 11.9 Å². The van der Waals surface area contributed by atoms with Crippen molar-refractivity contribution in [2.75, 3.05) is 13.2 Å². The number of fused-ring (bicyclic) bond motifs is 1. The minimum absolute atomic E-state index is 0.0291. The number of thiophene rings is 1. The van der Waals surface area contributed by atoms with Crippen LogP contribution in [-0.2, 0) is 11.3 Å². The van der Waals surface area contributed by atoms with Crippen molar-refractivity contribution in [1.82, 2.24) is 9.55 Å². The number of aromatic nitrogens is 2. The Kier molecular flexibility index (Phi) is 3.32. The number of aromatic amines is 1. The van der Waals surface area contributed by atoms with Crippen LogP contribution in [0.3, 0.4) is 0 Å². The zero-order chi connectivity index (χ0) is 13.5. The molecule has 1 aliphatic heterocycles. The third-order valence-corrected chi connectivity index (χ3v) is 5.06. The van der Waals surface area contributed by atoms with Gasteiger partial charge in [-0.3, -0.25) is 9.36 Å². The fourth-order valence-corrected chi connectivity index (χ4v) is 3.57. The number of H-pyrrole nitrogens is 1. The van der Waals surface area contributed by atoms with E-state index in [1.54, 1.807) is 4.57 Å². The molecule has 3 heterocycles. The average Bonchev–Trinajstić information content (AvgIpc) is 2.83. The van der Waals surface area contributed by atoms with Crippen molar-refractivity contribution >= 4 is 33.8 Å². The summed E-state index contributed by atoms with van der Waals surface area (Å²) in [6.07, 6.45) is 1.94. The molecule has 0 spiro atoms. The Hall–Kier alpha value is -0.980. The van der Waals surface area contributed by atoms with Crippen LogP contribution < -0.4 is 5.56 Å². The third-order valence-electron chi connectivity index (χ3n) is 3.83. The van der Waals surface area contributed by atoms with E-state index >= 15 is 0 Å². The molecular weight excluding hydrogens is 280 g/mol. The molecule has 2 aromatic rings. The fourth-order valence-electron chi connectivity index (χ4n) is 2.52. The highest BCUT2D eigenvalue weighted by Crippen LogP contribution is 2.31. The quantitative estimate of drug-likeness (QED) is 0.867. The molecular formula is C13H16N2O2S2. The molecule has 0 amide bonds. The Morgan fingerprint density at radius 2 is 2.26 bits per heavy atom. The van der Waals surface area contributed by atoms with Gasteiger partial charge in [0.15, 0.2) is 4.77 Å². The first kappa shape index (κ1) is 13.0. The van der Waals surface area contributed by atoms with Crippen LogP contribution in [0.2, 0.25) is 0 Å². The molecule has 3 rings (SSSR count). The molecule has 1 N–H and O–H groups in total. The summed E-state index contributed by atoms with van der Waals surface area (Å²) in [5.74, 6) is 0. The minimum atomic E-state index is 0.0291. The number of hydrogen-bond donors (Lipinski definition) is 1. The predicted molar refractivity (Wildman–Crippen MR) is 79.4 cm³/mol. The number of nitrogens with zero attached hydrogens (tertiary/aromatic N) is 1.